The summed E-state index contributed by atoms with van der Waals surface area (Å²) in [4.78, 5) is 14.7. The average Bonchev–Trinajstić information content (AvgIpc) is 2.93. The predicted molar refractivity (Wildman–Crippen MR) is 107 cm³/mol. The topological polar surface area (TPSA) is 66.4 Å². The van der Waals surface area contributed by atoms with Crippen LogP contribution in [0.4, 0.5) is 10.8 Å². The van der Waals surface area contributed by atoms with Crippen LogP contribution in [0.2, 0.25) is 0 Å². The van der Waals surface area contributed by atoms with Crippen molar-refractivity contribution in [3.05, 3.63) is 28.9 Å². The van der Waals surface area contributed by atoms with Crippen molar-refractivity contribution in [3.63, 3.8) is 0 Å². The molecule has 0 aromatic carbocycles. The van der Waals surface area contributed by atoms with E-state index in [-0.39, 0.29) is 5.03 Å². The molecule has 2 aromatic heterocycles. The third-order valence-corrected chi connectivity index (χ3v) is 8.27. The van der Waals surface area contributed by atoms with Crippen molar-refractivity contribution in [1.29, 1.82) is 0 Å². The average molecular weight is 395 g/mol. The summed E-state index contributed by atoms with van der Waals surface area (Å²) in [5, 5.41) is 1.23. The lowest BCUT2D eigenvalue weighted by Gasteiger charge is -2.35. The number of anilines is 2. The zero-order valence-corrected chi connectivity index (χ0v) is 17.6. The number of piperazine rings is 1. The number of thiazole rings is 1. The molecule has 1 aliphatic heterocycles. The van der Waals surface area contributed by atoms with Gasteiger partial charge in [0.15, 0.2) is 20.0 Å². The van der Waals surface area contributed by atoms with E-state index in [1.54, 1.807) is 44.4 Å². The van der Waals surface area contributed by atoms with Crippen LogP contribution >= 0.6 is 11.3 Å². The van der Waals surface area contributed by atoms with Crippen molar-refractivity contribution >= 4 is 32.0 Å². The fraction of sp³-hybridized carbons (Fsp3) is 0.556. The molecule has 6 nitrogen and oxygen atoms in total. The fourth-order valence-electron chi connectivity index (χ4n) is 2.78. The minimum absolute atomic E-state index is 0.140. The van der Waals surface area contributed by atoms with Gasteiger partial charge in [-0.05, 0) is 46.8 Å². The second-order valence-corrected chi connectivity index (χ2v) is 11.4. The molecule has 0 radical (unpaired) electrons. The molecule has 1 saturated heterocycles. The molecule has 0 atom stereocenters. The summed E-state index contributed by atoms with van der Waals surface area (Å²) in [6.07, 6.45) is 1.67. The number of nitrogens with zero attached hydrogens (tertiary/aromatic N) is 4. The highest BCUT2D eigenvalue weighted by atomic mass is 32.2. The number of pyridine rings is 1. The molecule has 3 heterocycles. The minimum atomic E-state index is -3.42. The summed E-state index contributed by atoms with van der Waals surface area (Å²) in [6, 6.07) is 3.48. The van der Waals surface area contributed by atoms with Crippen LogP contribution in [0.25, 0.3) is 0 Å². The Hall–Kier alpha value is -1.67. The Labute approximate surface area is 159 Å². The summed E-state index contributed by atoms with van der Waals surface area (Å²) in [5.41, 5.74) is 2.07. The highest BCUT2D eigenvalue weighted by Crippen LogP contribution is 2.28. The Morgan fingerprint density at radius 3 is 2.12 bits per heavy atom. The van der Waals surface area contributed by atoms with Gasteiger partial charge in [-0.15, -0.1) is 11.3 Å². The summed E-state index contributed by atoms with van der Waals surface area (Å²) >= 11 is 1.74. The van der Waals surface area contributed by atoms with Crippen molar-refractivity contribution < 1.29 is 8.42 Å². The molecule has 26 heavy (non-hydrogen) atoms. The fourth-order valence-corrected chi connectivity index (χ4v) is 4.81. The van der Waals surface area contributed by atoms with E-state index in [4.69, 9.17) is 0 Å². The molecular weight excluding hydrogens is 368 g/mol. The first-order chi connectivity index (χ1) is 12.1. The van der Waals surface area contributed by atoms with Gasteiger partial charge in [0.25, 0.3) is 0 Å². The molecule has 0 unspecified atom stereocenters. The van der Waals surface area contributed by atoms with E-state index in [2.05, 4.69) is 26.7 Å². The molecule has 1 aliphatic rings. The molecule has 142 valence electrons. The molecule has 0 bridgehead atoms. The number of rotatable bonds is 3. The van der Waals surface area contributed by atoms with Crippen molar-refractivity contribution in [2.45, 2.75) is 44.4 Å². The number of sulfone groups is 1. The Kier molecular flexibility index (Phi) is 5.00. The van der Waals surface area contributed by atoms with Crippen molar-refractivity contribution in [3.8, 4) is 0 Å². The van der Waals surface area contributed by atoms with Gasteiger partial charge < -0.3 is 9.80 Å². The van der Waals surface area contributed by atoms with E-state index in [0.29, 0.717) is 0 Å². The minimum Gasteiger partial charge on any atom is -0.367 e. The van der Waals surface area contributed by atoms with Crippen molar-refractivity contribution in [1.82, 2.24) is 9.97 Å². The molecule has 0 amide bonds. The van der Waals surface area contributed by atoms with Gasteiger partial charge in [-0.25, -0.2) is 18.4 Å². The van der Waals surface area contributed by atoms with E-state index < -0.39 is 14.6 Å². The highest BCUT2D eigenvalue weighted by Gasteiger charge is 2.32. The molecule has 0 saturated carbocycles. The maximum atomic E-state index is 12.5. The van der Waals surface area contributed by atoms with Crippen LogP contribution in [0, 0.1) is 13.8 Å². The predicted octanol–water partition coefficient (Wildman–Crippen LogP) is 3.05. The first-order valence-electron chi connectivity index (χ1n) is 8.74. The molecule has 1 fully saturated rings. The first-order valence-corrected chi connectivity index (χ1v) is 11.0. The largest absolute Gasteiger partial charge is 0.367 e. The first kappa shape index (κ1) is 19.1. The standard InChI is InChI=1S/C18H26N4O2S2/c1-13-14(2)25-17(20-13)22-10-8-21(9-11-22)15-6-7-16(19-12-15)26(23,24)18(3,4)5/h6-7,12H,8-11H2,1-5H3. The SMILES string of the molecule is Cc1nc(N2CCN(c3ccc(S(=O)(=O)C(C)(C)C)nc3)CC2)sc1C. The number of aromatic nitrogens is 2. The van der Waals surface area contributed by atoms with E-state index in [9.17, 15) is 8.42 Å². The molecule has 8 heteroatoms. The maximum absolute atomic E-state index is 12.5. The van der Waals surface area contributed by atoms with Gasteiger partial charge in [0.1, 0.15) is 0 Å². The van der Waals surface area contributed by atoms with Gasteiger partial charge in [-0.1, -0.05) is 0 Å². The summed E-state index contributed by atoms with van der Waals surface area (Å²) in [7, 11) is -3.42. The Bertz CT molecular complexity index is 855. The quantitative estimate of drug-likeness (QED) is 0.797. The third-order valence-electron chi connectivity index (χ3n) is 4.73. The normalized spacial score (nSPS) is 16.2. The van der Waals surface area contributed by atoms with Gasteiger partial charge in [-0.2, -0.15) is 0 Å². The van der Waals surface area contributed by atoms with Crippen LogP contribution in [0.3, 0.4) is 0 Å². The van der Waals surface area contributed by atoms with Gasteiger partial charge in [0.05, 0.1) is 22.3 Å². The lowest BCUT2D eigenvalue weighted by molar-refractivity contribution is 0.556. The Morgan fingerprint density at radius 2 is 1.65 bits per heavy atom. The Morgan fingerprint density at radius 1 is 1.04 bits per heavy atom. The van der Waals surface area contributed by atoms with Gasteiger partial charge in [-0.3, -0.25) is 0 Å². The van der Waals surface area contributed by atoms with Crippen LogP contribution in [-0.4, -0.2) is 49.3 Å². The summed E-state index contributed by atoms with van der Waals surface area (Å²) in [5.74, 6) is 0. The van der Waals surface area contributed by atoms with E-state index in [0.717, 1.165) is 42.7 Å². The second-order valence-electron chi connectivity index (χ2n) is 7.58. The number of aryl methyl sites for hydroxylation is 2. The van der Waals surface area contributed by atoms with Crippen molar-refractivity contribution in [2.24, 2.45) is 0 Å². The molecule has 3 rings (SSSR count). The third kappa shape index (κ3) is 3.57. The smallest absolute Gasteiger partial charge is 0.200 e. The lowest BCUT2D eigenvalue weighted by Crippen LogP contribution is -2.46. The van der Waals surface area contributed by atoms with Gasteiger partial charge in [0, 0.05) is 31.1 Å². The van der Waals surface area contributed by atoms with E-state index in [1.165, 1.54) is 4.88 Å². The molecule has 0 N–H and O–H groups in total. The van der Waals surface area contributed by atoms with E-state index >= 15 is 0 Å². The maximum Gasteiger partial charge on any atom is 0.200 e. The highest BCUT2D eigenvalue weighted by molar-refractivity contribution is 7.92. The van der Waals surface area contributed by atoms with Crippen LogP contribution in [0.5, 0.6) is 0 Å². The van der Waals surface area contributed by atoms with E-state index in [1.807, 2.05) is 13.0 Å². The molecule has 0 spiro atoms. The van der Waals surface area contributed by atoms with Crippen LogP contribution in [0.15, 0.2) is 23.4 Å². The zero-order valence-electron chi connectivity index (χ0n) is 16.0. The monoisotopic (exact) mass is 394 g/mol. The molecule has 2 aromatic rings. The van der Waals surface area contributed by atoms with Gasteiger partial charge >= 0.3 is 0 Å². The second kappa shape index (κ2) is 6.81. The zero-order chi connectivity index (χ0) is 19.1. The van der Waals surface area contributed by atoms with Crippen LogP contribution in [-0.2, 0) is 9.84 Å². The lowest BCUT2D eigenvalue weighted by atomic mass is 10.3. The number of hydrogen-bond donors (Lipinski definition) is 0. The molecule has 0 aliphatic carbocycles. The number of hydrogen-bond acceptors (Lipinski definition) is 7. The van der Waals surface area contributed by atoms with Crippen LogP contribution < -0.4 is 9.80 Å². The summed E-state index contributed by atoms with van der Waals surface area (Å²) in [6.45, 7) is 12.8. The molecular formula is C18H26N4O2S2. The Balaban J connectivity index is 1.68. The summed E-state index contributed by atoms with van der Waals surface area (Å²) < 4.78 is 24.1. The van der Waals surface area contributed by atoms with Gasteiger partial charge in [0.2, 0.25) is 0 Å². The van der Waals surface area contributed by atoms with Crippen LogP contribution in [0.1, 0.15) is 31.3 Å². The van der Waals surface area contributed by atoms with Crippen molar-refractivity contribution in [2.75, 3.05) is 36.0 Å².